The number of aryl methyl sites for hydroxylation is 1. The number of hydrogen-bond acceptors (Lipinski definition) is 4. The Morgan fingerprint density at radius 2 is 2.11 bits per heavy atom. The SMILES string of the molecule is CCC(C)NC(=O)C(C)NC(C)c1ncc(C)s1. The molecule has 0 aliphatic heterocycles. The average molecular weight is 269 g/mol. The molecule has 1 heterocycles. The van der Waals surface area contributed by atoms with Gasteiger partial charge < -0.3 is 5.32 Å². The van der Waals surface area contributed by atoms with Gasteiger partial charge in [-0.25, -0.2) is 4.98 Å². The van der Waals surface area contributed by atoms with Crippen molar-refractivity contribution >= 4 is 17.2 Å². The van der Waals surface area contributed by atoms with Gasteiger partial charge in [0.05, 0.1) is 12.1 Å². The van der Waals surface area contributed by atoms with Crippen LogP contribution in [-0.4, -0.2) is 23.0 Å². The third kappa shape index (κ3) is 4.38. The van der Waals surface area contributed by atoms with Gasteiger partial charge in [0.15, 0.2) is 0 Å². The third-order valence-corrected chi connectivity index (χ3v) is 4.00. The first-order valence-electron chi connectivity index (χ1n) is 6.42. The Kier molecular flexibility index (Phi) is 5.75. The second-order valence-corrected chi connectivity index (χ2v) is 6.00. The summed E-state index contributed by atoms with van der Waals surface area (Å²) in [6.07, 6.45) is 2.81. The lowest BCUT2D eigenvalue weighted by Crippen LogP contribution is -2.45. The van der Waals surface area contributed by atoms with Crippen LogP contribution in [0, 0.1) is 6.92 Å². The zero-order chi connectivity index (χ0) is 13.7. The molecule has 0 saturated heterocycles. The standard InChI is InChI=1S/C13H23N3OS/c1-6-8(2)15-12(17)10(4)16-11(5)13-14-7-9(3)18-13/h7-8,10-11,16H,6H2,1-5H3,(H,15,17). The van der Waals surface area contributed by atoms with Crippen molar-refractivity contribution in [3.8, 4) is 0 Å². The molecule has 1 aromatic rings. The molecule has 18 heavy (non-hydrogen) atoms. The van der Waals surface area contributed by atoms with Gasteiger partial charge in [-0.05, 0) is 34.1 Å². The summed E-state index contributed by atoms with van der Waals surface area (Å²) in [5, 5.41) is 7.27. The lowest BCUT2D eigenvalue weighted by atomic mass is 10.2. The molecule has 0 aliphatic carbocycles. The van der Waals surface area contributed by atoms with Crippen LogP contribution < -0.4 is 10.6 Å². The van der Waals surface area contributed by atoms with Gasteiger partial charge in [-0.15, -0.1) is 11.3 Å². The first kappa shape index (κ1) is 15.1. The number of amides is 1. The van der Waals surface area contributed by atoms with Gasteiger partial charge >= 0.3 is 0 Å². The lowest BCUT2D eigenvalue weighted by molar-refractivity contribution is -0.123. The second-order valence-electron chi connectivity index (χ2n) is 4.74. The van der Waals surface area contributed by atoms with Crippen molar-refractivity contribution in [2.75, 3.05) is 0 Å². The molecular formula is C13H23N3OS. The minimum absolute atomic E-state index is 0.0458. The van der Waals surface area contributed by atoms with Gasteiger partial charge in [-0.1, -0.05) is 6.92 Å². The Labute approximate surface area is 113 Å². The summed E-state index contributed by atoms with van der Waals surface area (Å²) in [5.74, 6) is 0.0458. The minimum Gasteiger partial charge on any atom is -0.352 e. The average Bonchev–Trinajstić information content (AvgIpc) is 2.75. The van der Waals surface area contributed by atoms with Crippen molar-refractivity contribution in [1.82, 2.24) is 15.6 Å². The molecule has 2 N–H and O–H groups in total. The molecular weight excluding hydrogens is 246 g/mol. The number of carbonyl (C=O) groups is 1. The summed E-state index contributed by atoms with van der Waals surface area (Å²) in [5.41, 5.74) is 0. The highest BCUT2D eigenvalue weighted by Gasteiger charge is 2.18. The van der Waals surface area contributed by atoms with Gasteiger partial charge in [0.2, 0.25) is 5.91 Å². The van der Waals surface area contributed by atoms with Gasteiger partial charge in [-0.3, -0.25) is 10.1 Å². The number of hydrogen-bond donors (Lipinski definition) is 2. The van der Waals surface area contributed by atoms with Crippen LogP contribution in [0.3, 0.4) is 0 Å². The predicted molar refractivity (Wildman–Crippen MR) is 75.8 cm³/mol. The Bertz CT molecular complexity index is 391. The largest absolute Gasteiger partial charge is 0.352 e. The molecule has 102 valence electrons. The van der Waals surface area contributed by atoms with Crippen LogP contribution in [-0.2, 0) is 4.79 Å². The highest BCUT2D eigenvalue weighted by molar-refractivity contribution is 7.11. The van der Waals surface area contributed by atoms with Crippen LogP contribution in [0.25, 0.3) is 0 Å². The fraction of sp³-hybridized carbons (Fsp3) is 0.692. The summed E-state index contributed by atoms with van der Waals surface area (Å²) in [6, 6.07) is 0.110. The highest BCUT2D eigenvalue weighted by atomic mass is 32.1. The molecule has 5 heteroatoms. The summed E-state index contributed by atoms with van der Waals surface area (Å²) in [7, 11) is 0. The molecule has 1 rings (SSSR count). The van der Waals surface area contributed by atoms with E-state index in [0.29, 0.717) is 0 Å². The van der Waals surface area contributed by atoms with Crippen LogP contribution in [0.5, 0.6) is 0 Å². The van der Waals surface area contributed by atoms with Gasteiger partial charge in [0, 0.05) is 17.1 Å². The van der Waals surface area contributed by atoms with Gasteiger partial charge in [0.1, 0.15) is 5.01 Å². The second kappa shape index (κ2) is 6.85. The van der Waals surface area contributed by atoms with Crippen LogP contribution in [0.4, 0.5) is 0 Å². The quantitative estimate of drug-likeness (QED) is 0.834. The van der Waals surface area contributed by atoms with Gasteiger partial charge in [0.25, 0.3) is 0 Å². The molecule has 0 radical (unpaired) electrons. The van der Waals surface area contributed by atoms with E-state index in [-0.39, 0.29) is 24.0 Å². The molecule has 0 saturated carbocycles. The van der Waals surface area contributed by atoms with Crippen LogP contribution in [0.1, 0.15) is 50.0 Å². The maximum absolute atomic E-state index is 11.9. The van der Waals surface area contributed by atoms with E-state index >= 15 is 0 Å². The van der Waals surface area contributed by atoms with Crippen molar-refractivity contribution < 1.29 is 4.79 Å². The van der Waals surface area contributed by atoms with Crippen molar-refractivity contribution in [3.63, 3.8) is 0 Å². The van der Waals surface area contributed by atoms with Crippen molar-refractivity contribution in [1.29, 1.82) is 0 Å². The highest BCUT2D eigenvalue weighted by Crippen LogP contribution is 2.19. The number of carbonyl (C=O) groups excluding carboxylic acids is 1. The van der Waals surface area contributed by atoms with E-state index in [4.69, 9.17) is 0 Å². The zero-order valence-corrected chi connectivity index (χ0v) is 12.6. The molecule has 4 nitrogen and oxygen atoms in total. The third-order valence-electron chi connectivity index (χ3n) is 2.90. The molecule has 3 atom stereocenters. The molecule has 1 aromatic heterocycles. The lowest BCUT2D eigenvalue weighted by Gasteiger charge is -2.20. The summed E-state index contributed by atoms with van der Waals surface area (Å²) in [6.45, 7) is 10.0. The van der Waals surface area contributed by atoms with E-state index in [1.165, 1.54) is 4.88 Å². The van der Waals surface area contributed by atoms with Crippen molar-refractivity contribution in [3.05, 3.63) is 16.1 Å². The number of nitrogens with zero attached hydrogens (tertiary/aromatic N) is 1. The molecule has 0 aromatic carbocycles. The molecule has 0 spiro atoms. The van der Waals surface area contributed by atoms with E-state index < -0.39 is 0 Å². The molecule has 0 bridgehead atoms. The van der Waals surface area contributed by atoms with E-state index in [9.17, 15) is 4.79 Å². The molecule has 0 aliphatic rings. The van der Waals surface area contributed by atoms with E-state index in [1.807, 2.05) is 33.9 Å². The first-order valence-corrected chi connectivity index (χ1v) is 7.24. The van der Waals surface area contributed by atoms with E-state index in [2.05, 4.69) is 22.5 Å². The Hall–Kier alpha value is -0.940. The number of nitrogens with one attached hydrogen (secondary N) is 2. The predicted octanol–water partition coefficient (Wildman–Crippen LogP) is 2.41. The maximum atomic E-state index is 11.9. The van der Waals surface area contributed by atoms with Crippen LogP contribution in [0.2, 0.25) is 0 Å². The summed E-state index contributed by atoms with van der Waals surface area (Å²) in [4.78, 5) is 17.4. The molecule has 0 fully saturated rings. The van der Waals surface area contributed by atoms with Crippen molar-refractivity contribution in [2.24, 2.45) is 0 Å². The van der Waals surface area contributed by atoms with Gasteiger partial charge in [-0.2, -0.15) is 0 Å². The Morgan fingerprint density at radius 1 is 1.44 bits per heavy atom. The topological polar surface area (TPSA) is 54.0 Å². The van der Waals surface area contributed by atoms with E-state index in [0.717, 1.165) is 11.4 Å². The van der Waals surface area contributed by atoms with Crippen LogP contribution in [0.15, 0.2) is 6.20 Å². The Morgan fingerprint density at radius 3 is 2.61 bits per heavy atom. The number of rotatable bonds is 6. The Balaban J connectivity index is 2.48. The zero-order valence-electron chi connectivity index (χ0n) is 11.8. The van der Waals surface area contributed by atoms with Crippen LogP contribution >= 0.6 is 11.3 Å². The summed E-state index contributed by atoms with van der Waals surface area (Å²) >= 11 is 1.66. The van der Waals surface area contributed by atoms with Crippen molar-refractivity contribution in [2.45, 2.75) is 59.2 Å². The fourth-order valence-corrected chi connectivity index (χ4v) is 2.35. The van der Waals surface area contributed by atoms with E-state index in [1.54, 1.807) is 11.3 Å². The smallest absolute Gasteiger partial charge is 0.237 e. The first-order chi connectivity index (χ1) is 8.43. The monoisotopic (exact) mass is 269 g/mol. The molecule has 3 unspecified atom stereocenters. The number of thiazole rings is 1. The normalized spacial score (nSPS) is 16.1. The fourth-order valence-electron chi connectivity index (χ4n) is 1.56. The minimum atomic E-state index is -0.210. The number of aromatic nitrogens is 1. The molecule has 1 amide bonds. The maximum Gasteiger partial charge on any atom is 0.237 e. The summed E-state index contributed by atoms with van der Waals surface area (Å²) < 4.78 is 0.